The second-order valence-corrected chi connectivity index (χ2v) is 5.34. The zero-order valence-corrected chi connectivity index (χ0v) is 11.2. The van der Waals surface area contributed by atoms with Gasteiger partial charge in [0.25, 0.3) is 0 Å². The van der Waals surface area contributed by atoms with Gasteiger partial charge >= 0.3 is 0 Å². The van der Waals surface area contributed by atoms with Crippen LogP contribution in [0.1, 0.15) is 50.2 Å². The summed E-state index contributed by atoms with van der Waals surface area (Å²) in [5.41, 5.74) is 1.91. The highest BCUT2D eigenvalue weighted by Gasteiger charge is 2.19. The standard InChI is InChI=1S/C16H22N2/c1-13(14-7-3-2-4-8-14)18-12-16-10-6-5-9-15(16)11-17/h5-6,9-10,13-14,18H,2-4,7-8,12H2,1H3/t13-/m0/s1. The van der Waals surface area contributed by atoms with E-state index in [-0.39, 0.29) is 0 Å². The van der Waals surface area contributed by atoms with Gasteiger partial charge in [0.15, 0.2) is 0 Å². The molecule has 0 aromatic heterocycles. The summed E-state index contributed by atoms with van der Waals surface area (Å²) in [6.45, 7) is 3.09. The minimum absolute atomic E-state index is 0.553. The Morgan fingerprint density at radius 2 is 2.00 bits per heavy atom. The van der Waals surface area contributed by atoms with Crippen LogP contribution in [0, 0.1) is 17.2 Å². The highest BCUT2D eigenvalue weighted by molar-refractivity contribution is 5.37. The first kappa shape index (κ1) is 13.1. The fourth-order valence-corrected chi connectivity index (χ4v) is 2.86. The zero-order chi connectivity index (χ0) is 12.8. The van der Waals surface area contributed by atoms with Crippen molar-refractivity contribution in [2.24, 2.45) is 5.92 Å². The van der Waals surface area contributed by atoms with E-state index in [1.165, 1.54) is 32.1 Å². The van der Waals surface area contributed by atoms with Gasteiger partial charge in [0.2, 0.25) is 0 Å². The molecule has 2 heteroatoms. The maximum absolute atomic E-state index is 9.05. The molecule has 1 atom stereocenters. The lowest BCUT2D eigenvalue weighted by atomic mass is 9.84. The minimum Gasteiger partial charge on any atom is -0.310 e. The molecule has 0 amide bonds. The van der Waals surface area contributed by atoms with Crippen LogP contribution in [0.2, 0.25) is 0 Å². The first-order valence-corrected chi connectivity index (χ1v) is 7.02. The van der Waals surface area contributed by atoms with Gasteiger partial charge in [0.1, 0.15) is 0 Å². The largest absolute Gasteiger partial charge is 0.310 e. The molecule has 0 spiro atoms. The summed E-state index contributed by atoms with van der Waals surface area (Å²) < 4.78 is 0. The van der Waals surface area contributed by atoms with Crippen molar-refractivity contribution in [1.29, 1.82) is 5.26 Å². The number of benzene rings is 1. The summed E-state index contributed by atoms with van der Waals surface area (Å²) in [6.07, 6.45) is 6.87. The molecule has 0 aliphatic heterocycles. The lowest BCUT2D eigenvalue weighted by Gasteiger charge is -2.28. The Kier molecular flexibility index (Phi) is 4.78. The van der Waals surface area contributed by atoms with E-state index in [1.807, 2.05) is 24.3 Å². The summed E-state index contributed by atoms with van der Waals surface area (Å²) in [7, 11) is 0. The molecule has 2 rings (SSSR count). The molecule has 18 heavy (non-hydrogen) atoms. The summed E-state index contributed by atoms with van der Waals surface area (Å²) in [5, 5.41) is 12.6. The maximum atomic E-state index is 9.05. The molecule has 0 radical (unpaired) electrons. The summed E-state index contributed by atoms with van der Waals surface area (Å²) >= 11 is 0. The molecule has 1 aliphatic rings. The van der Waals surface area contributed by atoms with E-state index in [4.69, 9.17) is 5.26 Å². The van der Waals surface area contributed by atoms with Gasteiger partial charge in [-0.2, -0.15) is 5.26 Å². The molecule has 96 valence electrons. The van der Waals surface area contributed by atoms with Gasteiger partial charge in [-0.25, -0.2) is 0 Å². The van der Waals surface area contributed by atoms with Gasteiger partial charge in [-0.05, 0) is 37.3 Å². The Morgan fingerprint density at radius 3 is 2.72 bits per heavy atom. The fraction of sp³-hybridized carbons (Fsp3) is 0.562. The van der Waals surface area contributed by atoms with Crippen LogP contribution in [0.5, 0.6) is 0 Å². The van der Waals surface area contributed by atoms with Crippen molar-refractivity contribution in [3.63, 3.8) is 0 Å². The Morgan fingerprint density at radius 1 is 1.28 bits per heavy atom. The molecule has 1 aliphatic carbocycles. The van der Waals surface area contributed by atoms with Gasteiger partial charge in [-0.3, -0.25) is 0 Å². The number of nitrogens with one attached hydrogen (secondary N) is 1. The molecule has 0 saturated heterocycles. The highest BCUT2D eigenvalue weighted by atomic mass is 14.9. The van der Waals surface area contributed by atoms with Crippen LogP contribution in [0.4, 0.5) is 0 Å². The smallest absolute Gasteiger partial charge is 0.0995 e. The molecule has 0 heterocycles. The van der Waals surface area contributed by atoms with Crippen molar-refractivity contribution in [2.45, 2.75) is 51.6 Å². The van der Waals surface area contributed by atoms with E-state index >= 15 is 0 Å². The average Bonchev–Trinajstić information content (AvgIpc) is 2.46. The van der Waals surface area contributed by atoms with E-state index in [2.05, 4.69) is 18.3 Å². The molecule has 1 N–H and O–H groups in total. The number of hydrogen-bond donors (Lipinski definition) is 1. The van der Waals surface area contributed by atoms with Gasteiger partial charge in [0.05, 0.1) is 11.6 Å². The molecular formula is C16H22N2. The van der Waals surface area contributed by atoms with Crippen LogP contribution in [-0.2, 0) is 6.54 Å². The molecule has 0 unspecified atom stereocenters. The maximum Gasteiger partial charge on any atom is 0.0995 e. The van der Waals surface area contributed by atoms with Gasteiger partial charge < -0.3 is 5.32 Å². The lowest BCUT2D eigenvalue weighted by molar-refractivity contribution is 0.280. The Hall–Kier alpha value is -1.33. The van der Waals surface area contributed by atoms with E-state index < -0.39 is 0 Å². The predicted molar refractivity (Wildman–Crippen MR) is 74.0 cm³/mol. The summed E-state index contributed by atoms with van der Waals surface area (Å²) in [6, 6.07) is 10.7. The SMILES string of the molecule is C[C@H](NCc1ccccc1C#N)C1CCCCC1. The first-order chi connectivity index (χ1) is 8.81. The molecule has 1 aromatic rings. The van der Waals surface area contributed by atoms with Crippen molar-refractivity contribution in [2.75, 3.05) is 0 Å². The van der Waals surface area contributed by atoms with E-state index in [9.17, 15) is 0 Å². The zero-order valence-electron chi connectivity index (χ0n) is 11.2. The molecule has 2 nitrogen and oxygen atoms in total. The lowest BCUT2D eigenvalue weighted by Crippen LogP contribution is -2.34. The van der Waals surface area contributed by atoms with Crippen LogP contribution in [-0.4, -0.2) is 6.04 Å². The van der Waals surface area contributed by atoms with E-state index in [1.54, 1.807) is 0 Å². The third-order valence-electron chi connectivity index (χ3n) is 4.11. The molecule has 1 aromatic carbocycles. The van der Waals surface area contributed by atoms with Crippen LogP contribution in [0.25, 0.3) is 0 Å². The monoisotopic (exact) mass is 242 g/mol. The van der Waals surface area contributed by atoms with Crippen molar-refractivity contribution in [3.05, 3.63) is 35.4 Å². The number of hydrogen-bond acceptors (Lipinski definition) is 2. The second-order valence-electron chi connectivity index (χ2n) is 5.34. The van der Waals surface area contributed by atoms with Crippen LogP contribution in [0.15, 0.2) is 24.3 Å². The second kappa shape index (κ2) is 6.56. The molecular weight excluding hydrogens is 220 g/mol. The van der Waals surface area contributed by atoms with E-state index in [0.29, 0.717) is 6.04 Å². The number of nitrogens with zero attached hydrogens (tertiary/aromatic N) is 1. The van der Waals surface area contributed by atoms with E-state index in [0.717, 1.165) is 23.6 Å². The third-order valence-corrected chi connectivity index (χ3v) is 4.11. The van der Waals surface area contributed by atoms with Crippen molar-refractivity contribution in [3.8, 4) is 6.07 Å². The molecule has 0 bridgehead atoms. The molecule has 1 saturated carbocycles. The Labute approximate surface area is 110 Å². The van der Waals surface area contributed by atoms with Crippen LogP contribution in [0.3, 0.4) is 0 Å². The highest BCUT2D eigenvalue weighted by Crippen LogP contribution is 2.26. The number of nitriles is 1. The average molecular weight is 242 g/mol. The number of rotatable bonds is 4. The van der Waals surface area contributed by atoms with Gasteiger partial charge in [-0.15, -0.1) is 0 Å². The van der Waals surface area contributed by atoms with Gasteiger partial charge in [0, 0.05) is 12.6 Å². The van der Waals surface area contributed by atoms with Crippen LogP contribution < -0.4 is 5.32 Å². The molecule has 1 fully saturated rings. The summed E-state index contributed by atoms with van der Waals surface area (Å²) in [4.78, 5) is 0. The van der Waals surface area contributed by atoms with Crippen molar-refractivity contribution < 1.29 is 0 Å². The first-order valence-electron chi connectivity index (χ1n) is 7.02. The van der Waals surface area contributed by atoms with Crippen molar-refractivity contribution >= 4 is 0 Å². The Bertz CT molecular complexity index is 413. The normalized spacial score (nSPS) is 18.2. The van der Waals surface area contributed by atoms with Crippen LogP contribution >= 0.6 is 0 Å². The third kappa shape index (κ3) is 3.34. The fourth-order valence-electron chi connectivity index (χ4n) is 2.86. The van der Waals surface area contributed by atoms with Crippen molar-refractivity contribution in [1.82, 2.24) is 5.32 Å². The Balaban J connectivity index is 1.88. The minimum atomic E-state index is 0.553. The van der Waals surface area contributed by atoms with Gasteiger partial charge in [-0.1, -0.05) is 37.5 Å². The topological polar surface area (TPSA) is 35.8 Å². The quantitative estimate of drug-likeness (QED) is 0.875. The predicted octanol–water partition coefficient (Wildman–Crippen LogP) is 3.62. The summed E-state index contributed by atoms with van der Waals surface area (Å²) in [5.74, 6) is 0.813.